The number of ether oxygens (including phenoxy) is 1. The van der Waals surface area contributed by atoms with E-state index >= 15 is 0 Å². The molecule has 0 radical (unpaired) electrons. The van der Waals surface area contributed by atoms with E-state index in [1.807, 2.05) is 0 Å². The normalized spacial score (nSPS) is 11.0. The highest BCUT2D eigenvalue weighted by Gasteiger charge is 2.33. The quantitative estimate of drug-likeness (QED) is 0.613. The largest absolute Gasteiger partial charge is 0.574 e. The lowest BCUT2D eigenvalue weighted by atomic mass is 10.1. The van der Waals surface area contributed by atoms with Crippen molar-refractivity contribution in [2.45, 2.75) is 19.7 Å². The lowest BCUT2D eigenvalue weighted by Crippen LogP contribution is -2.19. The van der Waals surface area contributed by atoms with Crippen molar-refractivity contribution in [2.24, 2.45) is 0 Å². The third-order valence-electron chi connectivity index (χ3n) is 1.67. The van der Waals surface area contributed by atoms with Gasteiger partial charge in [-0.15, -0.1) is 13.2 Å². The summed E-state index contributed by atoms with van der Waals surface area (Å²) in [5.41, 5.74) is 0.845. The van der Waals surface area contributed by atoms with Crippen LogP contribution in [0.15, 0.2) is 6.07 Å². The molecule has 0 aliphatic heterocycles. The van der Waals surface area contributed by atoms with Crippen molar-refractivity contribution in [1.29, 1.82) is 5.26 Å². The van der Waals surface area contributed by atoms with E-state index in [-0.39, 0.29) is 12.0 Å². The maximum Gasteiger partial charge on any atom is 0.574 e. The van der Waals surface area contributed by atoms with Gasteiger partial charge < -0.3 is 4.74 Å². The molecule has 0 aliphatic carbocycles. The van der Waals surface area contributed by atoms with Crippen LogP contribution in [0.3, 0.4) is 0 Å². The van der Waals surface area contributed by atoms with Gasteiger partial charge in [-0.05, 0) is 41.1 Å². The van der Waals surface area contributed by atoms with Crippen LogP contribution in [0.25, 0.3) is 0 Å². The van der Waals surface area contributed by atoms with Crippen molar-refractivity contribution >= 4 is 22.6 Å². The molecule has 1 heterocycles. The molecule has 0 N–H and O–H groups in total. The minimum atomic E-state index is -4.80. The molecule has 3 nitrogen and oxygen atoms in total. The van der Waals surface area contributed by atoms with Gasteiger partial charge >= 0.3 is 6.36 Å². The molecule has 0 saturated carbocycles. The lowest BCUT2D eigenvalue weighted by molar-refractivity contribution is -0.276. The van der Waals surface area contributed by atoms with E-state index in [0.29, 0.717) is 9.26 Å². The fourth-order valence-electron chi connectivity index (χ4n) is 1.04. The zero-order valence-electron chi connectivity index (χ0n) is 8.10. The third kappa shape index (κ3) is 3.52. The van der Waals surface area contributed by atoms with Crippen LogP contribution in [0.4, 0.5) is 13.2 Å². The van der Waals surface area contributed by atoms with E-state index < -0.39 is 12.2 Å². The molecule has 0 unspecified atom stereocenters. The number of nitrogens with zero attached hydrogens (tertiary/aromatic N) is 2. The zero-order valence-corrected chi connectivity index (χ0v) is 10.3. The van der Waals surface area contributed by atoms with Crippen LogP contribution in [0, 0.1) is 22.0 Å². The number of nitriles is 1. The molecular formula is C9H6F3IN2O. The maximum atomic E-state index is 12.0. The molecule has 0 amide bonds. The monoisotopic (exact) mass is 342 g/mol. The molecular weight excluding hydrogens is 336 g/mol. The van der Waals surface area contributed by atoms with Gasteiger partial charge in [0.1, 0.15) is 3.70 Å². The second-order valence-electron chi connectivity index (χ2n) is 2.94. The second-order valence-corrected chi connectivity index (χ2v) is 3.96. The lowest BCUT2D eigenvalue weighted by Gasteiger charge is -2.12. The Morgan fingerprint density at radius 1 is 1.56 bits per heavy atom. The van der Waals surface area contributed by atoms with Crippen molar-refractivity contribution in [2.75, 3.05) is 0 Å². The van der Waals surface area contributed by atoms with Crippen LogP contribution in [0.2, 0.25) is 0 Å². The van der Waals surface area contributed by atoms with E-state index in [9.17, 15) is 13.2 Å². The first-order valence-corrected chi connectivity index (χ1v) is 5.20. The number of aryl methyl sites for hydroxylation is 1. The van der Waals surface area contributed by atoms with Crippen LogP contribution in [-0.2, 0) is 6.42 Å². The van der Waals surface area contributed by atoms with Gasteiger partial charge in [0, 0.05) is 5.56 Å². The molecule has 0 spiro atoms. The standard InChI is InChI=1S/C9H6F3IN2O/c1-5-4-6(2-3-14)8(15-7(5)13)16-9(10,11)12/h4H,2H2,1H3. The fraction of sp³-hybridized carbons (Fsp3) is 0.333. The fourth-order valence-corrected chi connectivity index (χ4v) is 1.42. The molecule has 0 atom stereocenters. The summed E-state index contributed by atoms with van der Waals surface area (Å²) in [6.07, 6.45) is -4.97. The topological polar surface area (TPSA) is 45.9 Å². The molecule has 0 aliphatic rings. The molecule has 16 heavy (non-hydrogen) atoms. The number of pyridine rings is 1. The Bertz CT molecular complexity index is 440. The van der Waals surface area contributed by atoms with Gasteiger partial charge in [-0.1, -0.05) is 0 Å². The van der Waals surface area contributed by atoms with Gasteiger partial charge in [-0.3, -0.25) is 0 Å². The van der Waals surface area contributed by atoms with Crippen LogP contribution in [-0.4, -0.2) is 11.3 Å². The van der Waals surface area contributed by atoms with Gasteiger partial charge in [0.25, 0.3) is 0 Å². The van der Waals surface area contributed by atoms with Crippen LogP contribution in [0.5, 0.6) is 5.88 Å². The minimum absolute atomic E-state index is 0.137. The molecule has 7 heteroatoms. The number of aromatic nitrogens is 1. The van der Waals surface area contributed by atoms with Gasteiger partial charge in [-0.2, -0.15) is 5.26 Å². The summed E-state index contributed by atoms with van der Waals surface area (Å²) in [5.74, 6) is -0.552. The molecule has 0 bridgehead atoms. The SMILES string of the molecule is Cc1cc(CC#N)c(OC(F)(F)F)nc1I. The average molecular weight is 342 g/mol. The number of alkyl halides is 3. The summed E-state index contributed by atoms with van der Waals surface area (Å²) in [4.78, 5) is 3.67. The summed E-state index contributed by atoms with van der Waals surface area (Å²) < 4.78 is 40.3. The molecule has 1 aromatic heterocycles. The number of rotatable bonds is 2. The van der Waals surface area contributed by atoms with E-state index in [4.69, 9.17) is 5.26 Å². The van der Waals surface area contributed by atoms with Gasteiger partial charge in [0.15, 0.2) is 0 Å². The second kappa shape index (κ2) is 4.86. The first-order valence-electron chi connectivity index (χ1n) is 4.12. The summed E-state index contributed by atoms with van der Waals surface area (Å²) in [6.45, 7) is 1.70. The Balaban J connectivity index is 3.15. The van der Waals surface area contributed by atoms with Gasteiger partial charge in [0.05, 0.1) is 12.5 Å². The Morgan fingerprint density at radius 3 is 2.69 bits per heavy atom. The van der Waals surface area contributed by atoms with Crippen LogP contribution >= 0.6 is 22.6 Å². The first kappa shape index (κ1) is 13.0. The Kier molecular flexibility index (Phi) is 3.96. The Morgan fingerprint density at radius 2 is 2.19 bits per heavy atom. The van der Waals surface area contributed by atoms with E-state index in [1.54, 1.807) is 35.6 Å². The predicted octanol–water partition coefficient (Wildman–Crippen LogP) is 2.96. The zero-order chi connectivity index (χ0) is 12.3. The highest BCUT2D eigenvalue weighted by molar-refractivity contribution is 14.1. The number of halogens is 4. The molecule has 0 fully saturated rings. The molecule has 0 aromatic carbocycles. The average Bonchev–Trinajstić information content (AvgIpc) is 2.11. The van der Waals surface area contributed by atoms with Crippen molar-refractivity contribution in [3.63, 3.8) is 0 Å². The van der Waals surface area contributed by atoms with Crippen molar-refractivity contribution in [3.05, 3.63) is 20.9 Å². The van der Waals surface area contributed by atoms with E-state index in [1.165, 1.54) is 6.07 Å². The number of hydrogen-bond acceptors (Lipinski definition) is 3. The molecule has 1 aromatic rings. The van der Waals surface area contributed by atoms with Gasteiger partial charge in [0.2, 0.25) is 5.88 Å². The Hall–Kier alpha value is -1.04. The van der Waals surface area contributed by atoms with Crippen molar-refractivity contribution in [1.82, 2.24) is 4.98 Å². The summed E-state index contributed by atoms with van der Waals surface area (Å²) in [5, 5.41) is 8.49. The summed E-state index contributed by atoms with van der Waals surface area (Å²) >= 11 is 1.81. The van der Waals surface area contributed by atoms with Crippen molar-refractivity contribution in [3.8, 4) is 11.9 Å². The highest BCUT2D eigenvalue weighted by Crippen LogP contribution is 2.27. The molecule has 1 rings (SSSR count). The van der Waals surface area contributed by atoms with Gasteiger partial charge in [-0.25, -0.2) is 4.98 Å². The summed E-state index contributed by atoms with van der Waals surface area (Å²) in [7, 11) is 0. The Labute approximate surface area is 103 Å². The van der Waals surface area contributed by atoms with E-state index in [0.717, 1.165) is 0 Å². The highest BCUT2D eigenvalue weighted by atomic mass is 127. The predicted molar refractivity (Wildman–Crippen MR) is 57.7 cm³/mol. The summed E-state index contributed by atoms with van der Waals surface area (Å²) in [6, 6.07) is 3.24. The van der Waals surface area contributed by atoms with Crippen molar-refractivity contribution < 1.29 is 17.9 Å². The number of hydrogen-bond donors (Lipinski definition) is 0. The molecule has 86 valence electrons. The first-order chi connectivity index (χ1) is 7.33. The molecule has 0 saturated heterocycles. The van der Waals surface area contributed by atoms with E-state index in [2.05, 4.69) is 9.72 Å². The minimum Gasteiger partial charge on any atom is -0.388 e. The van der Waals surface area contributed by atoms with Crippen LogP contribution in [0.1, 0.15) is 11.1 Å². The third-order valence-corrected chi connectivity index (χ3v) is 2.76. The maximum absolute atomic E-state index is 12.0. The van der Waals surface area contributed by atoms with Crippen LogP contribution < -0.4 is 4.74 Å². The smallest absolute Gasteiger partial charge is 0.388 e.